The summed E-state index contributed by atoms with van der Waals surface area (Å²) in [5.74, 6) is 0. The van der Waals surface area contributed by atoms with Crippen LogP contribution in [0, 0.1) is 0 Å². The molecule has 0 spiro atoms. The van der Waals surface area contributed by atoms with Crippen molar-refractivity contribution in [3.63, 3.8) is 0 Å². The maximum Gasteiger partial charge on any atom is 0.129 e. The Morgan fingerprint density at radius 2 is 1.62 bits per heavy atom. The minimum Gasteiger partial charge on any atom is -0.399 e. The van der Waals surface area contributed by atoms with Gasteiger partial charge in [-0.15, -0.1) is 0 Å². The van der Waals surface area contributed by atoms with Crippen molar-refractivity contribution in [2.24, 2.45) is 0 Å². The van der Waals surface area contributed by atoms with Gasteiger partial charge in [-0.25, -0.2) is 0 Å². The Labute approximate surface area is 49.9 Å². The van der Waals surface area contributed by atoms with Crippen molar-refractivity contribution in [1.29, 1.82) is 0 Å². The van der Waals surface area contributed by atoms with Crippen LogP contribution in [0.15, 0.2) is 24.3 Å². The molecule has 1 nitrogen and oxygen atoms in total. The molecule has 39 valence electrons. The fourth-order valence-electron chi connectivity index (χ4n) is 0.518. The molecule has 2 N–H and O–H groups in total. The fraction of sp³-hybridized carbons (Fsp3) is 0. The number of nitrogens with two attached hydrogens (primary N) is 1. The van der Waals surface area contributed by atoms with E-state index in [1.54, 1.807) is 0 Å². The quantitative estimate of drug-likeness (QED) is 0.357. The van der Waals surface area contributed by atoms with Gasteiger partial charge in [0.15, 0.2) is 0 Å². The normalized spacial score (nSPS) is 9.00. The molecule has 1 aromatic rings. The molecule has 0 aliphatic heterocycles. The highest BCUT2D eigenvalue weighted by Crippen LogP contribution is 1.93. The Morgan fingerprint density at radius 1 is 1.12 bits per heavy atom. The van der Waals surface area contributed by atoms with Crippen molar-refractivity contribution in [3.8, 4) is 0 Å². The molecular formula is C6H7BN. The lowest BCUT2D eigenvalue weighted by Gasteiger charge is -1.90. The van der Waals surface area contributed by atoms with E-state index < -0.39 is 0 Å². The number of nitrogen functional groups attached to an aromatic ring is 1. The summed E-state index contributed by atoms with van der Waals surface area (Å²) in [6, 6.07) is 7.44. The van der Waals surface area contributed by atoms with Gasteiger partial charge in [-0.2, -0.15) is 0 Å². The van der Waals surface area contributed by atoms with Gasteiger partial charge in [-0.1, -0.05) is 17.6 Å². The molecule has 1 rings (SSSR count). The van der Waals surface area contributed by atoms with E-state index in [0.717, 1.165) is 11.2 Å². The van der Waals surface area contributed by atoms with Gasteiger partial charge in [0, 0.05) is 5.69 Å². The van der Waals surface area contributed by atoms with Gasteiger partial charge in [-0.05, 0) is 12.1 Å². The van der Waals surface area contributed by atoms with Crippen molar-refractivity contribution in [2.45, 2.75) is 0 Å². The first-order chi connectivity index (χ1) is 3.79. The fourth-order valence-corrected chi connectivity index (χ4v) is 0.518. The third-order valence-electron chi connectivity index (χ3n) is 0.980. The summed E-state index contributed by atoms with van der Waals surface area (Å²) in [7, 11) is 3.71. The van der Waals surface area contributed by atoms with Crippen molar-refractivity contribution in [3.05, 3.63) is 24.3 Å². The van der Waals surface area contributed by atoms with Crippen molar-refractivity contribution < 1.29 is 0 Å². The summed E-state index contributed by atoms with van der Waals surface area (Å²) in [6.45, 7) is 0. The van der Waals surface area contributed by atoms with E-state index in [0.29, 0.717) is 0 Å². The molecule has 1 radical (unpaired) electrons. The highest BCUT2D eigenvalue weighted by molar-refractivity contribution is 6.32. The number of anilines is 1. The Morgan fingerprint density at radius 3 is 2.00 bits per heavy atom. The summed E-state index contributed by atoms with van der Waals surface area (Å²) in [4.78, 5) is 0. The molecule has 0 amide bonds. The molecular weight excluding hydrogens is 96.9 g/mol. The molecule has 0 aliphatic carbocycles. The summed E-state index contributed by atoms with van der Waals surface area (Å²) < 4.78 is 0. The molecule has 0 saturated heterocycles. The van der Waals surface area contributed by atoms with E-state index >= 15 is 0 Å². The Balaban J connectivity index is 3.03. The lowest BCUT2D eigenvalue weighted by atomic mass is 9.96. The monoisotopic (exact) mass is 104 g/mol. The van der Waals surface area contributed by atoms with Gasteiger partial charge in [0.2, 0.25) is 0 Å². The molecule has 8 heavy (non-hydrogen) atoms. The summed E-state index contributed by atoms with van der Waals surface area (Å²) >= 11 is 0. The number of rotatable bonds is 0. The van der Waals surface area contributed by atoms with Crippen LogP contribution >= 0.6 is 0 Å². The van der Waals surface area contributed by atoms with Crippen LogP contribution in [-0.2, 0) is 0 Å². The lowest BCUT2D eigenvalue weighted by Crippen LogP contribution is -1.99. The first-order valence-electron chi connectivity index (χ1n) is 2.46. The van der Waals surface area contributed by atoms with Crippen LogP contribution < -0.4 is 11.2 Å². The average Bonchev–Trinajstić information content (AvgIpc) is 1.77. The second kappa shape index (κ2) is 1.91. The van der Waals surface area contributed by atoms with Crippen molar-refractivity contribution in [2.75, 3.05) is 5.73 Å². The van der Waals surface area contributed by atoms with E-state index in [1.165, 1.54) is 0 Å². The Hall–Kier alpha value is -0.915. The van der Waals surface area contributed by atoms with Gasteiger partial charge in [0.1, 0.15) is 7.85 Å². The standard InChI is InChI=1S/C6H7BN/c7-5-1-3-6(8)4-2-5/h1-4,7H,8H2. The number of hydrogen-bond acceptors (Lipinski definition) is 1. The molecule has 0 bridgehead atoms. The van der Waals surface area contributed by atoms with Crippen LogP contribution in [0.25, 0.3) is 0 Å². The maximum atomic E-state index is 5.40. The van der Waals surface area contributed by atoms with E-state index in [4.69, 9.17) is 5.73 Å². The Kier molecular flexibility index (Phi) is 1.25. The highest BCUT2D eigenvalue weighted by Gasteiger charge is 1.80. The average molecular weight is 104 g/mol. The summed E-state index contributed by atoms with van der Waals surface area (Å²) in [5, 5.41) is 0. The van der Waals surface area contributed by atoms with Crippen LogP contribution in [0.2, 0.25) is 0 Å². The maximum absolute atomic E-state index is 5.40. The number of hydrogen-bond donors (Lipinski definition) is 1. The molecule has 0 unspecified atom stereocenters. The first kappa shape index (κ1) is 5.23. The molecule has 2 heteroatoms. The number of benzene rings is 1. The van der Waals surface area contributed by atoms with E-state index in [1.807, 2.05) is 24.3 Å². The van der Waals surface area contributed by atoms with Crippen LogP contribution in [-0.4, -0.2) is 7.85 Å². The van der Waals surface area contributed by atoms with Gasteiger partial charge in [0.05, 0.1) is 0 Å². The Bertz CT molecular complexity index is 147. The topological polar surface area (TPSA) is 26.0 Å². The third-order valence-corrected chi connectivity index (χ3v) is 0.980. The van der Waals surface area contributed by atoms with Crippen molar-refractivity contribution in [1.82, 2.24) is 0 Å². The predicted molar refractivity (Wildman–Crippen MR) is 37.6 cm³/mol. The molecule has 0 heterocycles. The van der Waals surface area contributed by atoms with Crippen LogP contribution in [0.4, 0.5) is 5.69 Å². The molecule has 1 aromatic carbocycles. The third kappa shape index (κ3) is 1.03. The zero-order valence-electron chi connectivity index (χ0n) is 4.59. The highest BCUT2D eigenvalue weighted by atomic mass is 14.5. The van der Waals surface area contributed by atoms with Gasteiger partial charge in [0.25, 0.3) is 0 Å². The summed E-state index contributed by atoms with van der Waals surface area (Å²) in [5.41, 5.74) is 7.19. The molecule has 0 atom stereocenters. The molecule has 0 fully saturated rings. The zero-order chi connectivity index (χ0) is 5.98. The molecule has 0 saturated carbocycles. The van der Waals surface area contributed by atoms with Crippen molar-refractivity contribution >= 4 is 19.0 Å². The smallest absolute Gasteiger partial charge is 0.129 e. The van der Waals surface area contributed by atoms with E-state index in [-0.39, 0.29) is 0 Å². The zero-order valence-corrected chi connectivity index (χ0v) is 4.59. The second-order valence-corrected chi connectivity index (χ2v) is 1.74. The van der Waals surface area contributed by atoms with Crippen LogP contribution in [0.1, 0.15) is 0 Å². The SMILES string of the molecule is [BH]c1ccc(N)cc1. The first-order valence-corrected chi connectivity index (χ1v) is 2.46. The predicted octanol–water partition coefficient (Wildman–Crippen LogP) is -0.205. The molecule has 0 aliphatic rings. The van der Waals surface area contributed by atoms with Gasteiger partial charge in [-0.3, -0.25) is 0 Å². The van der Waals surface area contributed by atoms with Gasteiger partial charge >= 0.3 is 0 Å². The summed E-state index contributed by atoms with van der Waals surface area (Å²) in [6.07, 6.45) is 0. The van der Waals surface area contributed by atoms with E-state index in [2.05, 4.69) is 7.85 Å². The molecule has 0 aromatic heterocycles. The van der Waals surface area contributed by atoms with Crippen LogP contribution in [0.5, 0.6) is 0 Å². The second-order valence-electron chi connectivity index (χ2n) is 1.74. The lowest BCUT2D eigenvalue weighted by molar-refractivity contribution is 1.73. The van der Waals surface area contributed by atoms with E-state index in [9.17, 15) is 0 Å². The largest absolute Gasteiger partial charge is 0.399 e. The minimum absolute atomic E-state index is 0.789. The van der Waals surface area contributed by atoms with Gasteiger partial charge < -0.3 is 5.73 Å². The van der Waals surface area contributed by atoms with Crippen LogP contribution in [0.3, 0.4) is 0 Å². The minimum atomic E-state index is 0.789.